The van der Waals surface area contributed by atoms with Gasteiger partial charge in [0.25, 0.3) is 0 Å². The number of hydrogen-bond donors (Lipinski definition) is 0. The van der Waals surface area contributed by atoms with Gasteiger partial charge in [-0.3, -0.25) is 0 Å². The monoisotopic (exact) mass is 332 g/mol. The van der Waals surface area contributed by atoms with E-state index in [1.54, 1.807) is 0 Å². The maximum atomic E-state index is 13.8. The van der Waals surface area contributed by atoms with E-state index in [4.69, 9.17) is 0 Å². The summed E-state index contributed by atoms with van der Waals surface area (Å²) in [6.45, 7) is 0. The molecule has 1 nitrogen and oxygen atoms in total. The molecule has 0 aliphatic rings. The zero-order valence-electron chi connectivity index (χ0n) is 13.6. The largest absolute Gasteiger partial charge is 0.313 e. The molecule has 0 radical (unpaired) electrons. The van der Waals surface area contributed by atoms with Crippen molar-refractivity contribution < 1.29 is 4.57 Å². The molecule has 0 aliphatic carbocycles. The van der Waals surface area contributed by atoms with Crippen LogP contribution in [0.15, 0.2) is 103 Å². The van der Waals surface area contributed by atoms with E-state index < -0.39 is 7.14 Å². The summed E-state index contributed by atoms with van der Waals surface area (Å²) in [6.07, 6.45) is 5.60. The summed E-state index contributed by atoms with van der Waals surface area (Å²) in [6, 6.07) is 30.0. The van der Waals surface area contributed by atoms with Gasteiger partial charge < -0.3 is 4.57 Å². The van der Waals surface area contributed by atoms with Crippen LogP contribution in [-0.4, -0.2) is 6.16 Å². The van der Waals surface area contributed by atoms with Crippen molar-refractivity contribution in [3.05, 3.63) is 109 Å². The average molecular weight is 332 g/mol. The van der Waals surface area contributed by atoms with Crippen molar-refractivity contribution >= 4 is 17.8 Å². The van der Waals surface area contributed by atoms with Crippen molar-refractivity contribution in [2.75, 3.05) is 6.16 Å². The Hall–Kier alpha value is -2.37. The van der Waals surface area contributed by atoms with E-state index in [1.165, 1.54) is 5.56 Å². The Morgan fingerprint density at radius 2 is 1.08 bits per heavy atom. The highest BCUT2D eigenvalue weighted by Gasteiger charge is 2.25. The minimum atomic E-state index is -2.63. The third-order valence-electron chi connectivity index (χ3n) is 4.07. The molecule has 0 aromatic heterocycles. The standard InChI is InChI=1S/C22H21OP/c23-24(21-15-6-2-7-16-21,22-17-8-3-9-18-22)19-11-10-14-20-12-4-1-5-13-20/h1-13,15-18H,14,19H2/b11-10+. The minimum Gasteiger partial charge on any atom is -0.313 e. The lowest BCUT2D eigenvalue weighted by molar-refractivity contribution is 0.588. The highest BCUT2D eigenvalue weighted by atomic mass is 31.2. The van der Waals surface area contributed by atoms with Crippen LogP contribution in [0.3, 0.4) is 0 Å². The van der Waals surface area contributed by atoms with Crippen molar-refractivity contribution in [3.8, 4) is 0 Å². The highest BCUT2D eigenvalue weighted by molar-refractivity contribution is 7.78. The molecule has 0 spiro atoms. The van der Waals surface area contributed by atoms with Gasteiger partial charge in [0, 0.05) is 16.8 Å². The number of hydrogen-bond acceptors (Lipinski definition) is 1. The maximum absolute atomic E-state index is 13.8. The number of allylic oxidation sites excluding steroid dienone is 2. The van der Waals surface area contributed by atoms with Gasteiger partial charge in [0.2, 0.25) is 0 Å². The molecule has 24 heavy (non-hydrogen) atoms. The van der Waals surface area contributed by atoms with Crippen molar-refractivity contribution in [2.24, 2.45) is 0 Å². The second kappa shape index (κ2) is 7.95. The maximum Gasteiger partial charge on any atom is 0.146 e. The van der Waals surface area contributed by atoms with Gasteiger partial charge in [0.05, 0.1) is 0 Å². The van der Waals surface area contributed by atoms with Crippen LogP contribution in [0.4, 0.5) is 0 Å². The molecule has 0 saturated heterocycles. The predicted octanol–water partition coefficient (Wildman–Crippen LogP) is 4.80. The average Bonchev–Trinajstić information content (AvgIpc) is 2.67. The Labute approximate surface area is 144 Å². The lowest BCUT2D eigenvalue weighted by atomic mass is 10.1. The molecule has 0 heterocycles. The van der Waals surface area contributed by atoms with Gasteiger partial charge in [0.15, 0.2) is 0 Å². The van der Waals surface area contributed by atoms with Gasteiger partial charge >= 0.3 is 0 Å². The van der Waals surface area contributed by atoms with Gasteiger partial charge in [-0.1, -0.05) is 103 Å². The molecule has 3 aromatic carbocycles. The summed E-state index contributed by atoms with van der Waals surface area (Å²) in [5.41, 5.74) is 1.27. The van der Waals surface area contributed by atoms with Crippen LogP contribution in [0.25, 0.3) is 0 Å². The fourth-order valence-corrected chi connectivity index (χ4v) is 5.23. The minimum absolute atomic E-state index is 0.549. The van der Waals surface area contributed by atoms with Crippen molar-refractivity contribution in [1.82, 2.24) is 0 Å². The molecule has 0 atom stereocenters. The normalized spacial score (nSPS) is 11.7. The van der Waals surface area contributed by atoms with E-state index in [9.17, 15) is 4.57 Å². The first kappa shape index (κ1) is 16.5. The van der Waals surface area contributed by atoms with Gasteiger partial charge in [-0.2, -0.15) is 0 Å². The van der Waals surface area contributed by atoms with Crippen LogP contribution < -0.4 is 10.6 Å². The number of rotatable bonds is 6. The van der Waals surface area contributed by atoms with Crippen molar-refractivity contribution in [2.45, 2.75) is 6.42 Å². The summed E-state index contributed by atoms with van der Waals surface area (Å²) < 4.78 is 13.8. The molecule has 2 heteroatoms. The summed E-state index contributed by atoms with van der Waals surface area (Å²) in [7, 11) is -2.63. The summed E-state index contributed by atoms with van der Waals surface area (Å²) >= 11 is 0. The lowest BCUT2D eigenvalue weighted by Gasteiger charge is -2.17. The molecule has 0 unspecified atom stereocenters. The van der Waals surface area contributed by atoms with Crippen molar-refractivity contribution in [3.63, 3.8) is 0 Å². The summed E-state index contributed by atoms with van der Waals surface area (Å²) in [5, 5.41) is 1.83. The molecule has 0 amide bonds. The first-order valence-corrected chi connectivity index (χ1v) is 10.1. The third-order valence-corrected chi connectivity index (χ3v) is 7.06. The van der Waals surface area contributed by atoms with Crippen LogP contribution in [-0.2, 0) is 11.0 Å². The van der Waals surface area contributed by atoms with Gasteiger partial charge in [-0.05, 0) is 12.0 Å². The SMILES string of the molecule is O=P(C/C=C/Cc1ccccc1)(c1ccccc1)c1ccccc1. The van der Waals surface area contributed by atoms with E-state index in [0.29, 0.717) is 6.16 Å². The Bertz CT molecular complexity index is 780. The Balaban J connectivity index is 1.83. The van der Waals surface area contributed by atoms with E-state index in [1.807, 2.05) is 78.9 Å². The molecule has 3 aromatic rings. The van der Waals surface area contributed by atoms with Crippen LogP contribution in [0.1, 0.15) is 5.56 Å². The first-order valence-electron chi connectivity index (χ1n) is 8.18. The van der Waals surface area contributed by atoms with E-state index in [2.05, 4.69) is 24.3 Å². The molecule has 120 valence electrons. The molecule has 0 N–H and O–H groups in total. The van der Waals surface area contributed by atoms with E-state index >= 15 is 0 Å². The Kier molecular flexibility index (Phi) is 5.46. The Morgan fingerprint density at radius 1 is 0.625 bits per heavy atom. The molecule has 0 aliphatic heterocycles. The molecular formula is C22H21OP. The molecule has 3 rings (SSSR count). The molecule has 0 bridgehead atoms. The second-order valence-corrected chi connectivity index (χ2v) is 8.63. The smallest absolute Gasteiger partial charge is 0.146 e. The third kappa shape index (κ3) is 3.93. The summed E-state index contributed by atoms with van der Waals surface area (Å²) in [4.78, 5) is 0. The van der Waals surface area contributed by atoms with Crippen LogP contribution in [0.2, 0.25) is 0 Å². The van der Waals surface area contributed by atoms with Crippen molar-refractivity contribution in [1.29, 1.82) is 0 Å². The van der Waals surface area contributed by atoms with Gasteiger partial charge in [-0.15, -0.1) is 0 Å². The molecule has 0 saturated carbocycles. The Morgan fingerprint density at radius 3 is 1.58 bits per heavy atom. The quantitative estimate of drug-likeness (QED) is 0.468. The van der Waals surface area contributed by atoms with E-state index in [0.717, 1.165) is 17.0 Å². The molecule has 0 fully saturated rings. The van der Waals surface area contributed by atoms with E-state index in [-0.39, 0.29) is 0 Å². The van der Waals surface area contributed by atoms with Crippen LogP contribution in [0, 0.1) is 0 Å². The van der Waals surface area contributed by atoms with Gasteiger partial charge in [-0.25, -0.2) is 0 Å². The highest BCUT2D eigenvalue weighted by Crippen LogP contribution is 2.43. The van der Waals surface area contributed by atoms with Gasteiger partial charge in [0.1, 0.15) is 7.14 Å². The number of benzene rings is 3. The van der Waals surface area contributed by atoms with Crippen LogP contribution >= 0.6 is 7.14 Å². The fraction of sp³-hybridized carbons (Fsp3) is 0.0909. The predicted molar refractivity (Wildman–Crippen MR) is 104 cm³/mol. The first-order chi connectivity index (χ1) is 11.8. The zero-order valence-corrected chi connectivity index (χ0v) is 14.5. The zero-order chi connectivity index (χ0) is 16.7. The second-order valence-electron chi connectivity index (χ2n) is 5.75. The summed E-state index contributed by atoms with van der Waals surface area (Å²) in [5.74, 6) is 0. The lowest BCUT2D eigenvalue weighted by Crippen LogP contribution is -2.17. The molecular weight excluding hydrogens is 311 g/mol. The van der Waals surface area contributed by atoms with Crippen LogP contribution in [0.5, 0.6) is 0 Å². The topological polar surface area (TPSA) is 17.1 Å². The fourth-order valence-electron chi connectivity index (χ4n) is 2.75.